The average molecular weight is 226 g/mol. The van der Waals surface area contributed by atoms with Crippen LogP contribution in [0, 0.1) is 6.92 Å². The van der Waals surface area contributed by atoms with Gasteiger partial charge in [-0.05, 0) is 25.3 Å². The number of rotatable bonds is 5. The zero-order valence-corrected chi connectivity index (χ0v) is 9.60. The number of carboxylic acid groups (broad SMARTS) is 1. The van der Waals surface area contributed by atoms with Gasteiger partial charge in [-0.25, -0.2) is 9.78 Å². The third-order valence-corrected chi connectivity index (χ3v) is 2.54. The Bertz CT molecular complexity index is 355. The Balaban J connectivity index is 2.69. The van der Waals surface area contributed by atoms with Crippen LogP contribution in [0.1, 0.15) is 16.1 Å². The van der Waals surface area contributed by atoms with E-state index in [1.165, 1.54) is 0 Å². The first kappa shape index (κ1) is 11.8. The lowest BCUT2D eigenvalue weighted by molar-refractivity contribution is 0.0695. The second-order valence-corrected chi connectivity index (χ2v) is 4.04. The third kappa shape index (κ3) is 3.43. The Hall–Kier alpha value is -1.23. The molecule has 0 amide bonds. The number of carbonyl (C=O) groups is 1. The van der Waals surface area contributed by atoms with Crippen LogP contribution in [-0.2, 0) is 0 Å². The van der Waals surface area contributed by atoms with Crippen LogP contribution < -0.4 is 5.32 Å². The van der Waals surface area contributed by atoms with Gasteiger partial charge in [0, 0.05) is 12.3 Å². The molecule has 0 saturated carbocycles. The molecule has 1 rings (SSSR count). The van der Waals surface area contributed by atoms with Gasteiger partial charge in [0.2, 0.25) is 0 Å². The minimum atomic E-state index is -0.935. The summed E-state index contributed by atoms with van der Waals surface area (Å²) in [7, 11) is 0. The molecule has 0 atom stereocenters. The van der Waals surface area contributed by atoms with Crippen LogP contribution in [0.25, 0.3) is 0 Å². The lowest BCUT2D eigenvalue weighted by Gasteiger charge is -2.06. The molecule has 0 aliphatic heterocycles. The molecule has 4 nitrogen and oxygen atoms in total. The van der Waals surface area contributed by atoms with Crippen LogP contribution in [0.3, 0.4) is 0 Å². The van der Waals surface area contributed by atoms with E-state index in [-0.39, 0.29) is 5.56 Å². The standard InChI is InChI=1S/C10H14N2O2S/c1-7-8(10(13)14)3-4-9(12-7)11-5-6-15-2/h3-4H,5-6H2,1-2H3,(H,11,12)(H,13,14). The van der Waals surface area contributed by atoms with Crippen molar-refractivity contribution < 1.29 is 9.90 Å². The van der Waals surface area contributed by atoms with Crippen LogP contribution >= 0.6 is 11.8 Å². The van der Waals surface area contributed by atoms with E-state index in [1.807, 2.05) is 6.26 Å². The van der Waals surface area contributed by atoms with E-state index in [9.17, 15) is 4.79 Å². The van der Waals surface area contributed by atoms with Crippen LogP contribution in [0.5, 0.6) is 0 Å². The summed E-state index contributed by atoms with van der Waals surface area (Å²) in [4.78, 5) is 14.9. The highest BCUT2D eigenvalue weighted by molar-refractivity contribution is 7.98. The Labute approximate surface area is 93.1 Å². The Kier molecular flexibility index (Phi) is 4.42. The summed E-state index contributed by atoms with van der Waals surface area (Å²) in [6.45, 7) is 2.53. The number of hydrogen-bond acceptors (Lipinski definition) is 4. The van der Waals surface area contributed by atoms with Crippen molar-refractivity contribution in [3.63, 3.8) is 0 Å². The Morgan fingerprint density at radius 1 is 1.60 bits per heavy atom. The zero-order chi connectivity index (χ0) is 11.3. The molecule has 82 valence electrons. The molecular weight excluding hydrogens is 212 g/mol. The molecule has 0 bridgehead atoms. The summed E-state index contributed by atoms with van der Waals surface area (Å²) < 4.78 is 0. The monoisotopic (exact) mass is 226 g/mol. The molecule has 0 aliphatic rings. The smallest absolute Gasteiger partial charge is 0.337 e. The molecule has 1 aromatic rings. The van der Waals surface area contributed by atoms with Gasteiger partial charge in [-0.15, -0.1) is 0 Å². The minimum Gasteiger partial charge on any atom is -0.478 e. The maximum absolute atomic E-state index is 10.7. The fourth-order valence-corrected chi connectivity index (χ4v) is 1.47. The number of carboxylic acids is 1. The molecule has 1 heterocycles. The van der Waals surface area contributed by atoms with Gasteiger partial charge in [0.25, 0.3) is 0 Å². The maximum atomic E-state index is 10.7. The van der Waals surface area contributed by atoms with E-state index in [0.29, 0.717) is 5.69 Å². The van der Waals surface area contributed by atoms with Crippen molar-refractivity contribution in [3.05, 3.63) is 23.4 Å². The van der Waals surface area contributed by atoms with Gasteiger partial charge in [-0.2, -0.15) is 11.8 Å². The topological polar surface area (TPSA) is 62.2 Å². The molecule has 0 aromatic carbocycles. The summed E-state index contributed by atoms with van der Waals surface area (Å²) in [5, 5.41) is 11.9. The zero-order valence-electron chi connectivity index (χ0n) is 8.78. The first-order valence-corrected chi connectivity index (χ1v) is 5.98. The number of aryl methyl sites for hydroxylation is 1. The molecular formula is C10H14N2O2S. The number of aromatic carboxylic acids is 1. The van der Waals surface area contributed by atoms with Crippen molar-refractivity contribution >= 4 is 23.5 Å². The fraction of sp³-hybridized carbons (Fsp3) is 0.400. The first-order valence-electron chi connectivity index (χ1n) is 4.59. The van der Waals surface area contributed by atoms with Crippen molar-refractivity contribution in [2.45, 2.75) is 6.92 Å². The second-order valence-electron chi connectivity index (χ2n) is 3.05. The van der Waals surface area contributed by atoms with E-state index in [2.05, 4.69) is 10.3 Å². The molecule has 15 heavy (non-hydrogen) atoms. The van der Waals surface area contributed by atoms with E-state index in [1.54, 1.807) is 30.8 Å². The molecule has 0 saturated heterocycles. The summed E-state index contributed by atoms with van der Waals surface area (Å²) in [5.74, 6) is 0.795. The molecule has 5 heteroatoms. The molecule has 0 aliphatic carbocycles. The summed E-state index contributed by atoms with van der Waals surface area (Å²) in [6.07, 6.45) is 2.04. The summed E-state index contributed by atoms with van der Waals surface area (Å²) >= 11 is 1.75. The lowest BCUT2D eigenvalue weighted by Crippen LogP contribution is -2.08. The van der Waals surface area contributed by atoms with Crippen molar-refractivity contribution in [1.82, 2.24) is 4.98 Å². The lowest BCUT2D eigenvalue weighted by atomic mass is 10.2. The third-order valence-electron chi connectivity index (χ3n) is 1.93. The SMILES string of the molecule is CSCCNc1ccc(C(=O)O)c(C)n1. The van der Waals surface area contributed by atoms with E-state index >= 15 is 0 Å². The van der Waals surface area contributed by atoms with Gasteiger partial charge in [-0.3, -0.25) is 0 Å². The quantitative estimate of drug-likeness (QED) is 0.750. The van der Waals surface area contributed by atoms with Crippen LogP contribution in [0.4, 0.5) is 5.82 Å². The van der Waals surface area contributed by atoms with Gasteiger partial charge >= 0.3 is 5.97 Å². The number of nitrogens with one attached hydrogen (secondary N) is 1. The molecule has 0 fully saturated rings. The van der Waals surface area contributed by atoms with Gasteiger partial charge in [0.1, 0.15) is 5.82 Å². The highest BCUT2D eigenvalue weighted by Gasteiger charge is 2.07. The Morgan fingerprint density at radius 2 is 2.33 bits per heavy atom. The number of aromatic nitrogens is 1. The molecule has 0 unspecified atom stereocenters. The number of anilines is 1. The van der Waals surface area contributed by atoms with Gasteiger partial charge in [-0.1, -0.05) is 0 Å². The maximum Gasteiger partial charge on any atom is 0.337 e. The number of hydrogen-bond donors (Lipinski definition) is 2. The largest absolute Gasteiger partial charge is 0.478 e. The minimum absolute atomic E-state index is 0.255. The number of nitrogens with zero attached hydrogens (tertiary/aromatic N) is 1. The summed E-state index contributed by atoms with van der Waals surface area (Å²) in [6, 6.07) is 3.27. The van der Waals surface area contributed by atoms with Crippen molar-refractivity contribution in [3.8, 4) is 0 Å². The molecule has 0 spiro atoms. The van der Waals surface area contributed by atoms with Crippen LogP contribution in [0.2, 0.25) is 0 Å². The van der Waals surface area contributed by atoms with E-state index in [4.69, 9.17) is 5.11 Å². The molecule has 1 aromatic heterocycles. The Morgan fingerprint density at radius 3 is 2.87 bits per heavy atom. The normalized spacial score (nSPS) is 10.0. The number of thioether (sulfide) groups is 1. The predicted molar refractivity (Wildman–Crippen MR) is 62.8 cm³/mol. The first-order chi connectivity index (χ1) is 7.15. The fourth-order valence-electron chi connectivity index (χ4n) is 1.17. The van der Waals surface area contributed by atoms with Crippen molar-refractivity contribution in [2.75, 3.05) is 23.9 Å². The van der Waals surface area contributed by atoms with Gasteiger partial charge in [0.15, 0.2) is 0 Å². The summed E-state index contributed by atoms with van der Waals surface area (Å²) in [5.41, 5.74) is 0.794. The van der Waals surface area contributed by atoms with Gasteiger partial charge in [0.05, 0.1) is 11.3 Å². The highest BCUT2D eigenvalue weighted by Crippen LogP contribution is 2.10. The molecule has 2 N–H and O–H groups in total. The second kappa shape index (κ2) is 5.60. The van der Waals surface area contributed by atoms with Crippen molar-refractivity contribution in [2.24, 2.45) is 0 Å². The average Bonchev–Trinajstić information content (AvgIpc) is 2.17. The number of pyridine rings is 1. The van der Waals surface area contributed by atoms with Crippen molar-refractivity contribution in [1.29, 1.82) is 0 Å². The highest BCUT2D eigenvalue weighted by atomic mass is 32.2. The predicted octanol–water partition coefficient (Wildman–Crippen LogP) is 1.86. The van der Waals surface area contributed by atoms with Gasteiger partial charge < -0.3 is 10.4 Å². The molecule has 0 radical (unpaired) electrons. The van der Waals surface area contributed by atoms with E-state index in [0.717, 1.165) is 18.1 Å². The van der Waals surface area contributed by atoms with E-state index < -0.39 is 5.97 Å². The van der Waals surface area contributed by atoms with Crippen LogP contribution in [-0.4, -0.2) is 34.6 Å². The van der Waals surface area contributed by atoms with Crippen LogP contribution in [0.15, 0.2) is 12.1 Å².